The van der Waals surface area contributed by atoms with Gasteiger partial charge < -0.3 is 5.73 Å². The van der Waals surface area contributed by atoms with Crippen molar-refractivity contribution in [1.29, 1.82) is 5.26 Å². The highest BCUT2D eigenvalue weighted by Gasteiger charge is 2.31. The normalized spacial score (nSPS) is 21.6. The molecule has 1 aliphatic rings. The molecule has 1 aliphatic carbocycles. The third kappa shape index (κ3) is 3.87. The third-order valence-electron chi connectivity index (χ3n) is 3.65. The number of hydrogen-bond donors (Lipinski definition) is 2. The van der Waals surface area contributed by atoms with Crippen molar-refractivity contribution in [2.24, 2.45) is 11.7 Å². The van der Waals surface area contributed by atoms with Crippen molar-refractivity contribution in [2.75, 3.05) is 6.54 Å². The van der Waals surface area contributed by atoms with E-state index < -0.39 is 10.0 Å². The Hall–Kier alpha value is -0.840. The van der Waals surface area contributed by atoms with Crippen LogP contribution in [0.5, 0.6) is 0 Å². The van der Waals surface area contributed by atoms with Crippen LogP contribution in [0.15, 0.2) is 23.1 Å². The first kappa shape index (κ1) is 18.2. The van der Waals surface area contributed by atoms with Gasteiger partial charge in [0.05, 0.1) is 10.6 Å². The molecule has 0 spiro atoms. The topological polar surface area (TPSA) is 96.0 Å². The summed E-state index contributed by atoms with van der Waals surface area (Å²) in [4.78, 5) is -0.0739. The molecule has 1 aromatic carbocycles. The van der Waals surface area contributed by atoms with E-state index >= 15 is 0 Å². The molecule has 8 heteroatoms. The minimum absolute atomic E-state index is 0. The Balaban J connectivity index is 0.00000220. The molecule has 1 saturated carbocycles. The standard InChI is InChI=1S/C13H16ClN3O2S.ClH/c14-11-4-2-6-13(10(11)8-16)20(18,19)17-12-5-1-3-9(12)7-15;/h2,4,6,9,12,17H,1,3,5,7,15H2;1H. The summed E-state index contributed by atoms with van der Waals surface area (Å²) in [6, 6.07) is 6.08. The Morgan fingerprint density at radius 2 is 2.14 bits per heavy atom. The van der Waals surface area contributed by atoms with Crippen LogP contribution in [0, 0.1) is 17.2 Å². The molecule has 3 N–H and O–H groups in total. The van der Waals surface area contributed by atoms with Gasteiger partial charge in [0.15, 0.2) is 0 Å². The first-order valence-corrected chi connectivity index (χ1v) is 8.26. The van der Waals surface area contributed by atoms with Gasteiger partial charge in [0.2, 0.25) is 10.0 Å². The van der Waals surface area contributed by atoms with Gasteiger partial charge in [-0.05, 0) is 37.4 Å². The van der Waals surface area contributed by atoms with Gasteiger partial charge in [-0.1, -0.05) is 24.1 Å². The van der Waals surface area contributed by atoms with Gasteiger partial charge in [0.1, 0.15) is 11.0 Å². The minimum atomic E-state index is -3.76. The molecule has 2 atom stereocenters. The maximum absolute atomic E-state index is 12.4. The van der Waals surface area contributed by atoms with E-state index in [4.69, 9.17) is 22.6 Å². The van der Waals surface area contributed by atoms with E-state index in [1.54, 1.807) is 0 Å². The van der Waals surface area contributed by atoms with Crippen LogP contribution in [0.1, 0.15) is 24.8 Å². The smallest absolute Gasteiger partial charge is 0.242 e. The van der Waals surface area contributed by atoms with Crippen LogP contribution in [0.3, 0.4) is 0 Å². The lowest BCUT2D eigenvalue weighted by Gasteiger charge is -2.19. The zero-order chi connectivity index (χ0) is 14.8. The molecule has 1 fully saturated rings. The largest absolute Gasteiger partial charge is 0.330 e. The third-order valence-corrected chi connectivity index (χ3v) is 5.49. The van der Waals surface area contributed by atoms with Gasteiger partial charge in [-0.2, -0.15) is 5.26 Å². The minimum Gasteiger partial charge on any atom is -0.330 e. The Bertz CT molecular complexity index is 643. The molecule has 0 aromatic heterocycles. The lowest BCUT2D eigenvalue weighted by atomic mass is 10.1. The Kier molecular flexibility index (Phi) is 6.44. The first-order chi connectivity index (χ1) is 9.49. The summed E-state index contributed by atoms with van der Waals surface area (Å²) in [7, 11) is -3.76. The van der Waals surface area contributed by atoms with E-state index in [0.29, 0.717) is 6.54 Å². The maximum Gasteiger partial charge on any atom is 0.242 e. The molecule has 0 bridgehead atoms. The SMILES string of the molecule is Cl.N#Cc1c(Cl)cccc1S(=O)(=O)NC1CCCC1CN. The second-order valence-corrected chi connectivity index (χ2v) is 6.97. The molecule has 2 unspecified atom stereocenters. The molecular weight excluding hydrogens is 333 g/mol. The molecule has 0 saturated heterocycles. The van der Waals surface area contributed by atoms with Crippen LogP contribution in [-0.4, -0.2) is 21.0 Å². The van der Waals surface area contributed by atoms with Crippen LogP contribution in [0.2, 0.25) is 5.02 Å². The Labute approximate surface area is 135 Å². The average molecular weight is 350 g/mol. The average Bonchev–Trinajstić information content (AvgIpc) is 2.84. The molecule has 0 aliphatic heterocycles. The number of halogens is 2. The van der Waals surface area contributed by atoms with Crippen LogP contribution >= 0.6 is 24.0 Å². The highest BCUT2D eigenvalue weighted by Crippen LogP contribution is 2.28. The lowest BCUT2D eigenvalue weighted by Crippen LogP contribution is -2.40. The monoisotopic (exact) mass is 349 g/mol. The van der Waals surface area contributed by atoms with Crippen molar-refractivity contribution in [3.63, 3.8) is 0 Å². The number of nitrogens with one attached hydrogen (secondary N) is 1. The van der Waals surface area contributed by atoms with E-state index in [0.717, 1.165) is 19.3 Å². The number of benzene rings is 1. The van der Waals surface area contributed by atoms with E-state index in [-0.39, 0.29) is 39.8 Å². The summed E-state index contributed by atoms with van der Waals surface area (Å²) in [5.41, 5.74) is 5.63. The zero-order valence-corrected chi connectivity index (χ0v) is 13.6. The highest BCUT2D eigenvalue weighted by molar-refractivity contribution is 7.89. The van der Waals surface area contributed by atoms with Gasteiger partial charge in [-0.15, -0.1) is 12.4 Å². The fourth-order valence-corrected chi connectivity index (χ4v) is 4.36. The van der Waals surface area contributed by atoms with E-state index in [2.05, 4.69) is 4.72 Å². The number of nitrogens with zero attached hydrogens (tertiary/aromatic N) is 1. The molecule has 2 rings (SSSR count). The second kappa shape index (κ2) is 7.43. The summed E-state index contributed by atoms with van der Waals surface area (Å²) in [5.74, 6) is 0.148. The quantitative estimate of drug-likeness (QED) is 0.869. The van der Waals surface area contributed by atoms with Gasteiger partial charge in [0.25, 0.3) is 0 Å². The summed E-state index contributed by atoms with van der Waals surface area (Å²) < 4.78 is 27.5. The van der Waals surface area contributed by atoms with Crippen LogP contribution < -0.4 is 10.5 Å². The molecule has 5 nitrogen and oxygen atoms in total. The van der Waals surface area contributed by atoms with Crippen LogP contribution in [0.4, 0.5) is 0 Å². The number of rotatable bonds is 4. The van der Waals surface area contributed by atoms with Crippen molar-refractivity contribution in [2.45, 2.75) is 30.2 Å². The summed E-state index contributed by atoms with van der Waals surface area (Å²) in [5, 5.41) is 9.21. The van der Waals surface area contributed by atoms with Crippen molar-refractivity contribution >= 4 is 34.0 Å². The molecule has 21 heavy (non-hydrogen) atoms. The molecule has 0 amide bonds. The van der Waals surface area contributed by atoms with Gasteiger partial charge >= 0.3 is 0 Å². The number of nitriles is 1. The molecule has 0 radical (unpaired) electrons. The number of hydrogen-bond acceptors (Lipinski definition) is 4. The lowest BCUT2D eigenvalue weighted by molar-refractivity contribution is 0.453. The van der Waals surface area contributed by atoms with Gasteiger partial charge in [0, 0.05) is 6.04 Å². The Morgan fingerprint density at radius 1 is 1.43 bits per heavy atom. The zero-order valence-electron chi connectivity index (χ0n) is 11.3. The predicted octanol–water partition coefficient (Wildman–Crippen LogP) is 2.04. The second-order valence-electron chi connectivity index (χ2n) is 4.88. The van der Waals surface area contributed by atoms with E-state index in [1.165, 1.54) is 18.2 Å². The van der Waals surface area contributed by atoms with Gasteiger partial charge in [-0.25, -0.2) is 13.1 Å². The van der Waals surface area contributed by atoms with E-state index in [9.17, 15) is 8.42 Å². The number of sulfonamides is 1. The van der Waals surface area contributed by atoms with Crippen LogP contribution in [-0.2, 0) is 10.0 Å². The summed E-state index contributed by atoms with van der Waals surface area (Å²) in [6.07, 6.45) is 2.64. The summed E-state index contributed by atoms with van der Waals surface area (Å²) >= 11 is 5.87. The Morgan fingerprint density at radius 3 is 2.76 bits per heavy atom. The van der Waals surface area contributed by atoms with Crippen molar-refractivity contribution in [3.05, 3.63) is 28.8 Å². The number of nitrogens with two attached hydrogens (primary N) is 1. The van der Waals surface area contributed by atoms with E-state index in [1.807, 2.05) is 6.07 Å². The molecular formula is C13H17Cl2N3O2S. The molecule has 116 valence electrons. The summed E-state index contributed by atoms with van der Waals surface area (Å²) in [6.45, 7) is 0.452. The molecule has 0 heterocycles. The van der Waals surface area contributed by atoms with Crippen molar-refractivity contribution in [3.8, 4) is 6.07 Å². The predicted molar refractivity (Wildman–Crippen MR) is 83.9 cm³/mol. The van der Waals surface area contributed by atoms with Crippen molar-refractivity contribution in [1.82, 2.24) is 4.72 Å². The van der Waals surface area contributed by atoms with Crippen LogP contribution in [0.25, 0.3) is 0 Å². The fraction of sp³-hybridized carbons (Fsp3) is 0.462. The highest BCUT2D eigenvalue weighted by atomic mass is 35.5. The van der Waals surface area contributed by atoms with Gasteiger partial charge in [-0.3, -0.25) is 0 Å². The fourth-order valence-electron chi connectivity index (χ4n) is 2.57. The van der Waals surface area contributed by atoms with Crippen molar-refractivity contribution < 1.29 is 8.42 Å². The maximum atomic E-state index is 12.4. The molecule has 1 aromatic rings. The first-order valence-electron chi connectivity index (χ1n) is 6.40.